The predicted molar refractivity (Wildman–Crippen MR) is 109 cm³/mol. The number of carbonyl (C=O) groups is 1. The lowest BCUT2D eigenvalue weighted by atomic mass is 10.1. The van der Waals surface area contributed by atoms with Crippen LogP contribution in [-0.2, 0) is 0 Å². The minimum Gasteiger partial charge on any atom is -0.495 e. The van der Waals surface area contributed by atoms with E-state index in [1.165, 1.54) is 0 Å². The number of amides is 1. The second-order valence-corrected chi connectivity index (χ2v) is 6.59. The molecule has 0 radical (unpaired) electrons. The van der Waals surface area contributed by atoms with Crippen molar-refractivity contribution < 1.29 is 9.53 Å². The molecule has 0 spiro atoms. The molecule has 2 aromatic carbocycles. The third-order valence-electron chi connectivity index (χ3n) is 4.05. The first kappa shape index (κ1) is 18.7. The molecule has 1 aromatic heterocycles. The molecule has 0 saturated carbocycles. The summed E-state index contributed by atoms with van der Waals surface area (Å²) in [7, 11) is 1.59. The van der Waals surface area contributed by atoms with Gasteiger partial charge in [-0.1, -0.05) is 29.3 Å². The second kappa shape index (κ2) is 8.10. The Morgan fingerprint density at radius 2 is 1.93 bits per heavy atom. The first-order valence-corrected chi connectivity index (χ1v) is 8.79. The van der Waals surface area contributed by atoms with Gasteiger partial charge in [-0.15, -0.1) is 0 Å². The van der Waals surface area contributed by atoms with Gasteiger partial charge in [0.25, 0.3) is 5.91 Å². The van der Waals surface area contributed by atoms with E-state index < -0.39 is 0 Å². The van der Waals surface area contributed by atoms with Crippen LogP contribution in [0.15, 0.2) is 54.7 Å². The van der Waals surface area contributed by atoms with E-state index in [2.05, 4.69) is 15.6 Å². The van der Waals surface area contributed by atoms with E-state index >= 15 is 0 Å². The van der Waals surface area contributed by atoms with E-state index in [9.17, 15) is 4.79 Å². The molecule has 5 nitrogen and oxygen atoms in total. The van der Waals surface area contributed by atoms with Gasteiger partial charge in [-0.25, -0.2) is 4.98 Å². The van der Waals surface area contributed by atoms with Crippen molar-refractivity contribution in [1.82, 2.24) is 4.98 Å². The number of aromatic nitrogens is 1. The minimum absolute atomic E-state index is 0.170. The molecule has 0 fully saturated rings. The van der Waals surface area contributed by atoms with Gasteiger partial charge in [0.05, 0.1) is 24.7 Å². The summed E-state index contributed by atoms with van der Waals surface area (Å²) in [4.78, 5) is 16.7. The zero-order chi connectivity index (χ0) is 19.4. The highest BCUT2D eigenvalue weighted by atomic mass is 35.5. The Morgan fingerprint density at radius 1 is 1.11 bits per heavy atom. The van der Waals surface area contributed by atoms with Gasteiger partial charge in [-0.05, 0) is 49.7 Å². The summed E-state index contributed by atoms with van der Waals surface area (Å²) in [5.41, 5.74) is 3.96. The number of methoxy groups -OCH3 is 1. The molecule has 0 saturated heterocycles. The van der Waals surface area contributed by atoms with Crippen LogP contribution in [0.3, 0.4) is 0 Å². The molecule has 1 heterocycles. The zero-order valence-corrected chi connectivity index (χ0v) is 16.1. The van der Waals surface area contributed by atoms with Crippen molar-refractivity contribution in [2.75, 3.05) is 17.7 Å². The van der Waals surface area contributed by atoms with Crippen molar-refractivity contribution in [3.05, 3.63) is 76.4 Å². The van der Waals surface area contributed by atoms with Gasteiger partial charge in [0, 0.05) is 16.7 Å². The van der Waals surface area contributed by atoms with Crippen molar-refractivity contribution in [2.45, 2.75) is 13.8 Å². The number of ether oxygens (including phenoxy) is 1. The Labute approximate surface area is 163 Å². The van der Waals surface area contributed by atoms with Crippen molar-refractivity contribution in [1.29, 1.82) is 0 Å². The quantitative estimate of drug-likeness (QED) is 0.624. The smallest absolute Gasteiger partial charge is 0.255 e. The summed E-state index contributed by atoms with van der Waals surface area (Å²) in [5, 5.41) is 6.69. The van der Waals surface area contributed by atoms with Gasteiger partial charge in [0.15, 0.2) is 0 Å². The van der Waals surface area contributed by atoms with Crippen LogP contribution in [0.4, 0.5) is 17.2 Å². The summed E-state index contributed by atoms with van der Waals surface area (Å²) >= 11 is 6.13. The van der Waals surface area contributed by atoms with E-state index in [-0.39, 0.29) is 5.91 Å². The molecule has 3 rings (SSSR count). The number of nitrogens with one attached hydrogen (secondary N) is 2. The largest absolute Gasteiger partial charge is 0.495 e. The van der Waals surface area contributed by atoms with Crippen molar-refractivity contribution in [3.8, 4) is 5.75 Å². The van der Waals surface area contributed by atoms with Crippen LogP contribution in [0.25, 0.3) is 0 Å². The molecule has 0 aliphatic heterocycles. The lowest BCUT2D eigenvalue weighted by molar-refractivity contribution is 0.102. The Morgan fingerprint density at radius 3 is 2.59 bits per heavy atom. The van der Waals surface area contributed by atoms with Crippen LogP contribution >= 0.6 is 11.6 Å². The highest BCUT2D eigenvalue weighted by molar-refractivity contribution is 6.31. The van der Waals surface area contributed by atoms with Crippen LogP contribution < -0.4 is 15.4 Å². The number of hydrogen-bond donors (Lipinski definition) is 2. The van der Waals surface area contributed by atoms with Crippen LogP contribution in [-0.4, -0.2) is 18.0 Å². The minimum atomic E-state index is -0.170. The maximum Gasteiger partial charge on any atom is 0.255 e. The fraction of sp³-hybridized carbons (Fsp3) is 0.143. The van der Waals surface area contributed by atoms with E-state index in [0.717, 1.165) is 16.8 Å². The third kappa shape index (κ3) is 4.57. The van der Waals surface area contributed by atoms with E-state index in [4.69, 9.17) is 16.3 Å². The fourth-order valence-electron chi connectivity index (χ4n) is 2.60. The molecule has 6 heteroatoms. The number of aryl methyl sites for hydroxylation is 2. The molecule has 0 bridgehead atoms. The maximum atomic E-state index is 12.3. The van der Waals surface area contributed by atoms with Crippen molar-refractivity contribution in [3.63, 3.8) is 0 Å². The van der Waals surface area contributed by atoms with Gasteiger partial charge in [-0.3, -0.25) is 4.79 Å². The average molecular weight is 382 g/mol. The SMILES string of the molecule is COc1cc(Cl)c(C)cc1Nc1ccc(NC(=O)c2cccc(C)c2)cn1. The fourth-order valence-corrected chi connectivity index (χ4v) is 2.75. The molecule has 0 aliphatic carbocycles. The summed E-state index contributed by atoms with van der Waals surface area (Å²) in [6, 6.07) is 14.7. The molecular formula is C21H20ClN3O2. The van der Waals surface area contributed by atoms with Crippen LogP contribution in [0, 0.1) is 13.8 Å². The lowest BCUT2D eigenvalue weighted by Crippen LogP contribution is -2.12. The molecule has 138 valence electrons. The van der Waals surface area contributed by atoms with E-state index in [0.29, 0.717) is 27.8 Å². The average Bonchev–Trinajstić information content (AvgIpc) is 2.66. The highest BCUT2D eigenvalue weighted by Crippen LogP contribution is 2.32. The Bertz CT molecular complexity index is 972. The Balaban J connectivity index is 1.72. The number of nitrogens with zero attached hydrogens (tertiary/aromatic N) is 1. The summed E-state index contributed by atoms with van der Waals surface area (Å²) in [5.74, 6) is 1.09. The van der Waals surface area contributed by atoms with Gasteiger partial charge in [0.2, 0.25) is 0 Å². The van der Waals surface area contributed by atoms with Gasteiger partial charge in [0.1, 0.15) is 11.6 Å². The lowest BCUT2D eigenvalue weighted by Gasteiger charge is -2.13. The first-order valence-electron chi connectivity index (χ1n) is 8.41. The number of benzene rings is 2. The molecule has 2 N–H and O–H groups in total. The van der Waals surface area contributed by atoms with Crippen LogP contribution in [0.1, 0.15) is 21.5 Å². The molecule has 3 aromatic rings. The number of carbonyl (C=O) groups excluding carboxylic acids is 1. The molecule has 27 heavy (non-hydrogen) atoms. The standard InChI is InChI=1S/C21H20ClN3O2/c1-13-5-4-6-15(9-13)21(26)24-16-7-8-20(23-12-16)25-18-10-14(2)17(22)11-19(18)27-3/h4-12H,1-3H3,(H,23,25)(H,24,26). The van der Waals surface area contributed by atoms with Crippen molar-refractivity contribution >= 4 is 34.7 Å². The molecule has 1 amide bonds. The number of rotatable bonds is 5. The normalized spacial score (nSPS) is 10.4. The summed E-state index contributed by atoms with van der Waals surface area (Å²) < 4.78 is 5.36. The number of pyridine rings is 1. The van der Waals surface area contributed by atoms with Gasteiger partial charge < -0.3 is 15.4 Å². The van der Waals surface area contributed by atoms with Crippen LogP contribution in [0.2, 0.25) is 5.02 Å². The molecular weight excluding hydrogens is 362 g/mol. The topological polar surface area (TPSA) is 63.2 Å². The molecule has 0 unspecified atom stereocenters. The number of hydrogen-bond acceptors (Lipinski definition) is 4. The Hall–Kier alpha value is -3.05. The number of halogens is 1. The maximum absolute atomic E-state index is 12.3. The third-order valence-corrected chi connectivity index (χ3v) is 4.45. The van der Waals surface area contributed by atoms with Crippen LogP contribution in [0.5, 0.6) is 5.75 Å². The molecule has 0 atom stereocenters. The van der Waals surface area contributed by atoms with E-state index in [1.807, 2.05) is 38.1 Å². The van der Waals surface area contributed by atoms with Gasteiger partial charge >= 0.3 is 0 Å². The number of anilines is 3. The van der Waals surface area contributed by atoms with Crippen molar-refractivity contribution in [2.24, 2.45) is 0 Å². The second-order valence-electron chi connectivity index (χ2n) is 6.18. The Kier molecular flexibility index (Phi) is 5.62. The first-order chi connectivity index (χ1) is 13.0. The monoisotopic (exact) mass is 381 g/mol. The zero-order valence-electron chi connectivity index (χ0n) is 15.3. The van der Waals surface area contributed by atoms with Gasteiger partial charge in [-0.2, -0.15) is 0 Å². The molecule has 0 aliphatic rings. The van der Waals surface area contributed by atoms with E-state index in [1.54, 1.807) is 37.6 Å². The summed E-state index contributed by atoms with van der Waals surface area (Å²) in [6.07, 6.45) is 1.60. The summed E-state index contributed by atoms with van der Waals surface area (Å²) in [6.45, 7) is 3.87. The predicted octanol–water partition coefficient (Wildman–Crippen LogP) is 5.36. The highest BCUT2D eigenvalue weighted by Gasteiger charge is 2.09.